The average molecular weight is 315 g/mol. The first-order valence-electron chi connectivity index (χ1n) is 5.56. The van der Waals surface area contributed by atoms with Gasteiger partial charge in [-0.1, -0.05) is 0 Å². The van der Waals surface area contributed by atoms with E-state index in [-0.39, 0.29) is 11.4 Å². The van der Waals surface area contributed by atoms with E-state index >= 15 is 0 Å². The molecule has 0 aliphatic rings. The molecule has 7 nitrogen and oxygen atoms in total. The van der Waals surface area contributed by atoms with Gasteiger partial charge in [-0.15, -0.1) is 0 Å². The Morgan fingerprint density at radius 3 is 2.71 bits per heavy atom. The molecular formula is C11H11F2N5O2S. The highest BCUT2D eigenvalue weighted by Crippen LogP contribution is 2.21. The van der Waals surface area contributed by atoms with Crippen LogP contribution in [0.25, 0.3) is 0 Å². The lowest BCUT2D eigenvalue weighted by atomic mass is 10.3. The summed E-state index contributed by atoms with van der Waals surface area (Å²) < 4.78 is 54.1. The van der Waals surface area contributed by atoms with Gasteiger partial charge in [0.2, 0.25) is 0 Å². The molecule has 0 saturated heterocycles. The van der Waals surface area contributed by atoms with Crippen LogP contribution >= 0.6 is 0 Å². The summed E-state index contributed by atoms with van der Waals surface area (Å²) in [5.74, 6) is -2.53. The number of aromatic nitrogens is 2. The van der Waals surface area contributed by atoms with Crippen molar-refractivity contribution < 1.29 is 17.2 Å². The first-order chi connectivity index (χ1) is 9.72. The van der Waals surface area contributed by atoms with Crippen molar-refractivity contribution in [2.45, 2.75) is 4.90 Å². The van der Waals surface area contributed by atoms with Gasteiger partial charge in [0, 0.05) is 7.05 Å². The van der Waals surface area contributed by atoms with E-state index in [2.05, 4.69) is 5.10 Å². The molecule has 0 radical (unpaired) electrons. The quantitative estimate of drug-likeness (QED) is 0.571. The highest BCUT2D eigenvalue weighted by Gasteiger charge is 2.23. The summed E-state index contributed by atoms with van der Waals surface area (Å²) in [5.41, 5.74) is 5.33. The van der Waals surface area contributed by atoms with Crippen LogP contribution < -0.4 is 10.5 Å². The highest BCUT2D eigenvalue weighted by atomic mass is 32.2. The van der Waals surface area contributed by atoms with Crippen molar-refractivity contribution in [1.29, 1.82) is 5.41 Å². The molecule has 0 aliphatic carbocycles. The third-order valence-corrected chi connectivity index (χ3v) is 4.00. The van der Waals surface area contributed by atoms with Gasteiger partial charge < -0.3 is 5.73 Å². The van der Waals surface area contributed by atoms with E-state index in [0.29, 0.717) is 12.1 Å². The number of sulfonamides is 1. The second kappa shape index (κ2) is 5.13. The predicted molar refractivity (Wildman–Crippen MR) is 71.4 cm³/mol. The molecular weight excluding hydrogens is 304 g/mol. The number of aryl methyl sites for hydroxylation is 1. The largest absolute Gasteiger partial charge is 0.384 e. The number of nitrogens with two attached hydrogens (primary N) is 1. The van der Waals surface area contributed by atoms with Crippen molar-refractivity contribution in [1.82, 2.24) is 9.78 Å². The van der Waals surface area contributed by atoms with Crippen LogP contribution in [0.5, 0.6) is 0 Å². The Morgan fingerprint density at radius 2 is 2.10 bits per heavy atom. The van der Waals surface area contributed by atoms with E-state index in [1.54, 1.807) is 0 Å². The molecule has 1 aromatic heterocycles. The molecule has 0 aliphatic heterocycles. The summed E-state index contributed by atoms with van der Waals surface area (Å²) in [6.45, 7) is 0. The minimum atomic E-state index is -4.39. The first kappa shape index (κ1) is 14.9. The molecule has 0 saturated carbocycles. The van der Waals surface area contributed by atoms with Gasteiger partial charge in [0.1, 0.15) is 28.2 Å². The summed E-state index contributed by atoms with van der Waals surface area (Å²) in [5, 5.41) is 11.1. The molecule has 1 aromatic carbocycles. The number of amidine groups is 1. The van der Waals surface area contributed by atoms with Crippen molar-refractivity contribution in [2.75, 3.05) is 4.72 Å². The minimum absolute atomic E-state index is 0.0258. The third-order valence-electron chi connectivity index (χ3n) is 2.64. The molecule has 0 amide bonds. The van der Waals surface area contributed by atoms with E-state index in [4.69, 9.17) is 11.1 Å². The van der Waals surface area contributed by atoms with Crippen molar-refractivity contribution >= 4 is 21.7 Å². The van der Waals surface area contributed by atoms with Crippen molar-refractivity contribution in [2.24, 2.45) is 12.8 Å². The number of nitrogens with zero attached hydrogens (tertiary/aromatic N) is 2. The Bertz CT molecular complexity index is 816. The lowest BCUT2D eigenvalue weighted by Crippen LogP contribution is -2.20. The highest BCUT2D eigenvalue weighted by molar-refractivity contribution is 7.92. The van der Waals surface area contributed by atoms with Gasteiger partial charge in [0.15, 0.2) is 0 Å². The maximum absolute atomic E-state index is 13.6. The zero-order valence-corrected chi connectivity index (χ0v) is 11.6. The van der Waals surface area contributed by atoms with Gasteiger partial charge in [-0.3, -0.25) is 14.8 Å². The number of nitrogen functional groups attached to an aromatic ring is 1. The van der Waals surface area contributed by atoms with Crippen molar-refractivity contribution in [3.63, 3.8) is 0 Å². The van der Waals surface area contributed by atoms with Crippen LogP contribution in [0.4, 0.5) is 14.6 Å². The van der Waals surface area contributed by atoms with Crippen LogP contribution in [-0.2, 0) is 17.1 Å². The Balaban J connectivity index is 2.50. The third kappa shape index (κ3) is 2.84. The summed E-state index contributed by atoms with van der Waals surface area (Å²) in [6, 6.07) is 2.07. The maximum atomic E-state index is 13.6. The second-order valence-corrected chi connectivity index (χ2v) is 5.78. The molecule has 1 heterocycles. The smallest absolute Gasteiger partial charge is 0.266 e. The fourth-order valence-electron chi connectivity index (χ4n) is 1.62. The van der Waals surface area contributed by atoms with Gasteiger partial charge in [-0.05, 0) is 18.2 Å². The SMILES string of the molecule is Cn1ncc(C(=N)N)c1NS(=O)(=O)c1cc(F)ccc1F. The number of halogens is 2. The second-order valence-electron chi connectivity index (χ2n) is 4.12. The zero-order valence-electron chi connectivity index (χ0n) is 10.8. The Kier molecular flexibility index (Phi) is 3.64. The van der Waals surface area contributed by atoms with Crippen LogP contribution in [0.1, 0.15) is 5.56 Å². The molecule has 21 heavy (non-hydrogen) atoms. The van der Waals surface area contributed by atoms with Crippen LogP contribution in [0, 0.1) is 17.0 Å². The van der Waals surface area contributed by atoms with Crippen LogP contribution in [0.2, 0.25) is 0 Å². The summed E-state index contributed by atoms with van der Waals surface area (Å²) in [4.78, 5) is -0.849. The van der Waals surface area contributed by atoms with Gasteiger partial charge in [0.25, 0.3) is 10.0 Å². The predicted octanol–water partition coefficient (Wildman–Crippen LogP) is 0.783. The summed E-state index contributed by atoms with van der Waals surface area (Å²) in [6.07, 6.45) is 1.18. The normalized spacial score (nSPS) is 11.4. The van der Waals surface area contributed by atoms with E-state index < -0.39 is 32.4 Å². The minimum Gasteiger partial charge on any atom is -0.384 e. The molecule has 0 unspecified atom stereocenters. The molecule has 2 aromatic rings. The Hall–Kier alpha value is -2.49. The van der Waals surface area contributed by atoms with E-state index in [1.807, 2.05) is 4.72 Å². The zero-order chi connectivity index (χ0) is 15.8. The standard InChI is InChI=1S/C11H11F2N5O2S/c1-18-11(7(5-16-18)10(14)15)17-21(19,20)9-4-6(12)2-3-8(9)13/h2-5,17H,1H3,(H3,14,15). The first-order valence-corrected chi connectivity index (χ1v) is 7.05. The van der Waals surface area contributed by atoms with Crippen LogP contribution in [-0.4, -0.2) is 24.0 Å². The van der Waals surface area contributed by atoms with Crippen LogP contribution in [0.3, 0.4) is 0 Å². The molecule has 0 bridgehead atoms. The molecule has 0 atom stereocenters. The topological polar surface area (TPSA) is 114 Å². The summed E-state index contributed by atoms with van der Waals surface area (Å²) in [7, 11) is -2.98. The van der Waals surface area contributed by atoms with Crippen molar-refractivity contribution in [3.8, 4) is 0 Å². The Labute approximate surface area is 118 Å². The fraction of sp³-hybridized carbons (Fsp3) is 0.0909. The van der Waals surface area contributed by atoms with Gasteiger partial charge in [-0.25, -0.2) is 17.2 Å². The number of hydrogen-bond acceptors (Lipinski definition) is 4. The van der Waals surface area contributed by atoms with Crippen molar-refractivity contribution in [3.05, 3.63) is 41.6 Å². The van der Waals surface area contributed by atoms with Gasteiger partial charge in [-0.2, -0.15) is 5.10 Å². The monoisotopic (exact) mass is 315 g/mol. The number of benzene rings is 1. The maximum Gasteiger partial charge on any atom is 0.266 e. The lowest BCUT2D eigenvalue weighted by Gasteiger charge is -2.10. The summed E-state index contributed by atoms with van der Waals surface area (Å²) >= 11 is 0. The molecule has 0 spiro atoms. The van der Waals surface area contributed by atoms with Crippen LogP contribution in [0.15, 0.2) is 29.3 Å². The van der Waals surface area contributed by atoms with Gasteiger partial charge >= 0.3 is 0 Å². The number of hydrogen-bond donors (Lipinski definition) is 3. The molecule has 112 valence electrons. The molecule has 2 rings (SSSR count). The average Bonchev–Trinajstić information content (AvgIpc) is 2.73. The lowest BCUT2D eigenvalue weighted by molar-refractivity contribution is 0.555. The van der Waals surface area contributed by atoms with E-state index in [1.165, 1.54) is 13.2 Å². The number of anilines is 1. The molecule has 10 heteroatoms. The van der Waals surface area contributed by atoms with E-state index in [0.717, 1.165) is 10.7 Å². The van der Waals surface area contributed by atoms with Gasteiger partial charge in [0.05, 0.1) is 11.8 Å². The fourth-order valence-corrected chi connectivity index (χ4v) is 2.82. The van der Waals surface area contributed by atoms with E-state index in [9.17, 15) is 17.2 Å². The molecule has 4 N–H and O–H groups in total. The molecule has 0 fully saturated rings. The number of nitrogens with one attached hydrogen (secondary N) is 2. The number of rotatable bonds is 4. The Morgan fingerprint density at radius 1 is 1.43 bits per heavy atom.